The van der Waals surface area contributed by atoms with Crippen LogP contribution in [0.15, 0.2) is 29.2 Å². The first-order chi connectivity index (χ1) is 9.40. The molecule has 1 fully saturated rings. The van der Waals surface area contributed by atoms with Crippen LogP contribution in [0.2, 0.25) is 5.02 Å². The van der Waals surface area contributed by atoms with Crippen LogP contribution < -0.4 is 0 Å². The molecule has 0 N–H and O–H groups in total. The number of hydrogen-bond acceptors (Lipinski definition) is 2. The molecule has 0 saturated heterocycles. The molecule has 0 aromatic heterocycles. The van der Waals surface area contributed by atoms with Crippen LogP contribution in [0.4, 0.5) is 0 Å². The molecule has 1 nitrogen and oxygen atoms in total. The molecule has 0 heterocycles. The van der Waals surface area contributed by atoms with Crippen molar-refractivity contribution in [3.8, 4) is 6.07 Å². The van der Waals surface area contributed by atoms with E-state index in [4.69, 9.17) is 11.6 Å². The lowest BCUT2D eigenvalue weighted by Gasteiger charge is -2.39. The molecule has 3 atom stereocenters. The smallest absolute Gasteiger partial charge is 0.0667 e. The van der Waals surface area contributed by atoms with Gasteiger partial charge in [0, 0.05) is 15.2 Å². The van der Waals surface area contributed by atoms with E-state index in [-0.39, 0.29) is 5.92 Å². The standard InChI is InChI=1S/C17H22ClNS/c1-17(2,3)13-5-4-12(11-19)16(10-13)20-15-8-6-14(18)7-9-15/h6-9,12-13,16H,4-5,10H2,1-3H3. The highest BCUT2D eigenvalue weighted by molar-refractivity contribution is 8.00. The largest absolute Gasteiger partial charge is 0.198 e. The summed E-state index contributed by atoms with van der Waals surface area (Å²) in [5.74, 6) is 0.881. The summed E-state index contributed by atoms with van der Waals surface area (Å²) in [5.41, 5.74) is 0.333. The molecule has 3 heteroatoms. The SMILES string of the molecule is CC(C)(C)C1CCC(C#N)C(Sc2ccc(Cl)cc2)C1. The van der Waals surface area contributed by atoms with Crippen molar-refractivity contribution in [2.24, 2.45) is 17.3 Å². The van der Waals surface area contributed by atoms with E-state index in [0.717, 1.165) is 17.9 Å². The van der Waals surface area contributed by atoms with E-state index in [1.165, 1.54) is 11.3 Å². The van der Waals surface area contributed by atoms with Crippen molar-refractivity contribution < 1.29 is 0 Å². The van der Waals surface area contributed by atoms with E-state index < -0.39 is 0 Å². The molecule has 2 rings (SSSR count). The minimum Gasteiger partial charge on any atom is -0.198 e. The molecule has 1 aromatic rings. The van der Waals surface area contributed by atoms with Crippen LogP contribution >= 0.6 is 23.4 Å². The molecule has 1 aliphatic carbocycles. The van der Waals surface area contributed by atoms with Gasteiger partial charge in [-0.3, -0.25) is 0 Å². The predicted molar refractivity (Wildman–Crippen MR) is 87.0 cm³/mol. The minimum atomic E-state index is 0.175. The van der Waals surface area contributed by atoms with Crippen LogP contribution in [0.25, 0.3) is 0 Å². The number of thioether (sulfide) groups is 1. The Balaban J connectivity index is 2.09. The van der Waals surface area contributed by atoms with E-state index in [1.807, 2.05) is 23.9 Å². The molecule has 0 radical (unpaired) electrons. The first-order valence-electron chi connectivity index (χ1n) is 7.22. The van der Waals surface area contributed by atoms with Gasteiger partial charge in [-0.15, -0.1) is 11.8 Å². The summed E-state index contributed by atoms with van der Waals surface area (Å²) in [6.07, 6.45) is 3.35. The van der Waals surface area contributed by atoms with Crippen LogP contribution in [0.5, 0.6) is 0 Å². The quantitative estimate of drug-likeness (QED) is 0.690. The fourth-order valence-electron chi connectivity index (χ4n) is 2.88. The molecule has 0 amide bonds. The van der Waals surface area contributed by atoms with Gasteiger partial charge in [0.1, 0.15) is 0 Å². The Morgan fingerprint density at radius 3 is 2.40 bits per heavy atom. The zero-order valence-electron chi connectivity index (χ0n) is 12.4. The Bertz CT molecular complexity index is 483. The van der Waals surface area contributed by atoms with Crippen LogP contribution in [-0.4, -0.2) is 5.25 Å². The number of nitriles is 1. The highest BCUT2D eigenvalue weighted by Gasteiger charge is 2.36. The first kappa shape index (κ1) is 15.7. The molecule has 3 unspecified atom stereocenters. The van der Waals surface area contributed by atoms with Gasteiger partial charge in [0.25, 0.3) is 0 Å². The maximum Gasteiger partial charge on any atom is 0.0667 e. The maximum absolute atomic E-state index is 9.39. The van der Waals surface area contributed by atoms with E-state index >= 15 is 0 Å². The lowest BCUT2D eigenvalue weighted by molar-refractivity contribution is 0.169. The number of rotatable bonds is 2. The maximum atomic E-state index is 9.39. The van der Waals surface area contributed by atoms with Crippen molar-refractivity contribution in [2.45, 2.75) is 50.2 Å². The van der Waals surface area contributed by atoms with Crippen molar-refractivity contribution >= 4 is 23.4 Å². The predicted octanol–water partition coefficient (Wildman–Crippen LogP) is 5.79. The van der Waals surface area contributed by atoms with Crippen molar-refractivity contribution in [1.29, 1.82) is 5.26 Å². The number of benzene rings is 1. The second-order valence-corrected chi connectivity index (χ2v) is 8.47. The number of hydrogen-bond donors (Lipinski definition) is 0. The molecule has 1 aliphatic rings. The van der Waals surface area contributed by atoms with Gasteiger partial charge in [-0.1, -0.05) is 32.4 Å². The Morgan fingerprint density at radius 1 is 1.20 bits per heavy atom. The van der Waals surface area contributed by atoms with Gasteiger partial charge in [-0.05, 0) is 54.9 Å². The lowest BCUT2D eigenvalue weighted by Crippen LogP contribution is -2.32. The summed E-state index contributed by atoms with van der Waals surface area (Å²) in [6, 6.07) is 10.5. The van der Waals surface area contributed by atoms with Crippen LogP contribution in [0.1, 0.15) is 40.0 Å². The molecule has 0 bridgehead atoms. The van der Waals surface area contributed by atoms with Gasteiger partial charge in [0.05, 0.1) is 12.0 Å². The third kappa shape index (κ3) is 3.93. The average Bonchev–Trinajstić information content (AvgIpc) is 2.40. The summed E-state index contributed by atoms with van der Waals surface area (Å²) < 4.78 is 0. The van der Waals surface area contributed by atoms with Gasteiger partial charge in [0.2, 0.25) is 0 Å². The molecule has 0 spiro atoms. The minimum absolute atomic E-state index is 0.175. The second kappa shape index (κ2) is 6.41. The molecule has 108 valence electrons. The molecular formula is C17H22ClNS. The molecule has 20 heavy (non-hydrogen) atoms. The Morgan fingerprint density at radius 2 is 1.85 bits per heavy atom. The van der Waals surface area contributed by atoms with Crippen LogP contribution in [0, 0.1) is 28.6 Å². The Labute approximate surface area is 131 Å². The number of halogens is 1. The molecular weight excluding hydrogens is 286 g/mol. The van der Waals surface area contributed by atoms with Gasteiger partial charge < -0.3 is 0 Å². The molecule has 0 aliphatic heterocycles. The van der Waals surface area contributed by atoms with E-state index in [2.05, 4.69) is 39.0 Å². The summed E-state index contributed by atoms with van der Waals surface area (Å²) in [4.78, 5) is 1.22. The summed E-state index contributed by atoms with van der Waals surface area (Å²) in [6.45, 7) is 6.94. The third-order valence-electron chi connectivity index (χ3n) is 4.28. The topological polar surface area (TPSA) is 23.8 Å². The fourth-order valence-corrected chi connectivity index (χ4v) is 4.34. The van der Waals surface area contributed by atoms with Crippen molar-refractivity contribution in [3.63, 3.8) is 0 Å². The highest BCUT2D eigenvalue weighted by atomic mass is 35.5. The van der Waals surface area contributed by atoms with Gasteiger partial charge in [-0.2, -0.15) is 5.26 Å². The van der Waals surface area contributed by atoms with E-state index in [0.29, 0.717) is 16.6 Å². The van der Waals surface area contributed by atoms with Crippen LogP contribution in [-0.2, 0) is 0 Å². The summed E-state index contributed by atoms with van der Waals surface area (Å²) in [7, 11) is 0. The zero-order chi connectivity index (χ0) is 14.8. The zero-order valence-corrected chi connectivity index (χ0v) is 14.0. The van der Waals surface area contributed by atoms with E-state index in [1.54, 1.807) is 0 Å². The summed E-state index contributed by atoms with van der Waals surface area (Å²) in [5, 5.41) is 10.6. The Hall–Kier alpha value is -0.650. The van der Waals surface area contributed by atoms with Gasteiger partial charge in [0.15, 0.2) is 0 Å². The summed E-state index contributed by atoms with van der Waals surface area (Å²) >= 11 is 7.78. The van der Waals surface area contributed by atoms with Gasteiger partial charge >= 0.3 is 0 Å². The lowest BCUT2D eigenvalue weighted by atomic mass is 9.70. The Kier molecular flexibility index (Phi) is 5.04. The fraction of sp³-hybridized carbons (Fsp3) is 0.588. The third-order valence-corrected chi connectivity index (χ3v) is 5.90. The van der Waals surface area contributed by atoms with Crippen molar-refractivity contribution in [3.05, 3.63) is 29.3 Å². The molecule has 1 saturated carbocycles. The van der Waals surface area contributed by atoms with Crippen molar-refractivity contribution in [1.82, 2.24) is 0 Å². The van der Waals surface area contributed by atoms with Crippen LogP contribution in [0.3, 0.4) is 0 Å². The first-order valence-corrected chi connectivity index (χ1v) is 8.48. The monoisotopic (exact) mass is 307 g/mol. The van der Waals surface area contributed by atoms with Crippen molar-refractivity contribution in [2.75, 3.05) is 0 Å². The average molecular weight is 308 g/mol. The van der Waals surface area contributed by atoms with E-state index in [9.17, 15) is 5.26 Å². The normalized spacial score (nSPS) is 27.1. The van der Waals surface area contributed by atoms with Gasteiger partial charge in [-0.25, -0.2) is 0 Å². The second-order valence-electron chi connectivity index (χ2n) is 6.72. The highest BCUT2D eigenvalue weighted by Crippen LogP contribution is 2.45. The number of nitrogens with zero attached hydrogens (tertiary/aromatic N) is 1. The molecule has 1 aromatic carbocycles.